The Morgan fingerprint density at radius 2 is 2.04 bits per heavy atom. The Bertz CT molecular complexity index is 705. The van der Waals surface area contributed by atoms with Gasteiger partial charge in [0.05, 0.1) is 0 Å². The normalized spacial score (nSPS) is 10.7. The lowest BCUT2D eigenvalue weighted by Gasteiger charge is -2.11. The maximum Gasteiger partial charge on any atom is 0.270 e. The van der Waals surface area contributed by atoms with Gasteiger partial charge < -0.3 is 15.5 Å². The molecule has 128 valence electrons. The van der Waals surface area contributed by atoms with E-state index in [0.29, 0.717) is 18.1 Å². The summed E-state index contributed by atoms with van der Waals surface area (Å²) in [7, 11) is 4.02. The van der Waals surface area contributed by atoms with Crippen LogP contribution >= 0.6 is 15.9 Å². The van der Waals surface area contributed by atoms with Crippen LogP contribution in [0.3, 0.4) is 0 Å². The van der Waals surface area contributed by atoms with Crippen molar-refractivity contribution in [2.24, 2.45) is 0 Å². The van der Waals surface area contributed by atoms with Gasteiger partial charge in [0, 0.05) is 22.8 Å². The van der Waals surface area contributed by atoms with E-state index >= 15 is 0 Å². The van der Waals surface area contributed by atoms with E-state index in [0.717, 1.165) is 28.7 Å². The molecule has 0 fully saturated rings. The van der Waals surface area contributed by atoms with Crippen molar-refractivity contribution < 1.29 is 4.79 Å². The van der Waals surface area contributed by atoms with Crippen molar-refractivity contribution in [3.63, 3.8) is 0 Å². The van der Waals surface area contributed by atoms with Gasteiger partial charge in [-0.2, -0.15) is 0 Å². The Morgan fingerprint density at radius 1 is 1.25 bits per heavy atom. The van der Waals surface area contributed by atoms with Gasteiger partial charge in [-0.05, 0) is 57.7 Å². The third-order valence-corrected chi connectivity index (χ3v) is 3.91. The van der Waals surface area contributed by atoms with E-state index < -0.39 is 0 Å². The number of carbonyl (C=O) groups is 1. The van der Waals surface area contributed by atoms with Crippen molar-refractivity contribution in [3.05, 3.63) is 46.3 Å². The number of hydrogen-bond donors (Lipinski definition) is 2. The first kappa shape index (κ1) is 18.4. The summed E-state index contributed by atoms with van der Waals surface area (Å²) in [6.07, 6.45) is 2.29. The van der Waals surface area contributed by atoms with Crippen LogP contribution in [0.15, 0.2) is 35.1 Å². The third kappa shape index (κ3) is 5.58. The van der Waals surface area contributed by atoms with Crippen LogP contribution in [0.2, 0.25) is 0 Å². The van der Waals surface area contributed by atoms with Gasteiger partial charge >= 0.3 is 0 Å². The lowest BCUT2D eigenvalue weighted by Crippen LogP contribution is -2.27. The zero-order valence-corrected chi connectivity index (χ0v) is 15.7. The number of carbonyl (C=O) groups excluding carboxylic acids is 1. The van der Waals surface area contributed by atoms with Gasteiger partial charge in [0.25, 0.3) is 5.91 Å². The molecule has 0 unspecified atom stereocenters. The molecule has 24 heavy (non-hydrogen) atoms. The topological polar surface area (TPSA) is 70.2 Å². The highest BCUT2D eigenvalue weighted by atomic mass is 79.9. The second-order valence-electron chi connectivity index (χ2n) is 5.79. The summed E-state index contributed by atoms with van der Waals surface area (Å²) < 4.78 is 1.02. The molecule has 1 aromatic carbocycles. The number of nitrogens with zero attached hydrogens (tertiary/aromatic N) is 3. The molecule has 1 amide bonds. The number of benzene rings is 1. The molecule has 0 bridgehead atoms. The number of aromatic nitrogens is 2. The molecular weight excluding hydrogens is 370 g/mol. The lowest BCUT2D eigenvalue weighted by molar-refractivity contribution is 0.0947. The molecule has 1 heterocycles. The fraction of sp³-hybridized carbons (Fsp3) is 0.353. The minimum Gasteiger partial charge on any atom is -0.351 e. The van der Waals surface area contributed by atoms with Gasteiger partial charge in [0.1, 0.15) is 17.8 Å². The van der Waals surface area contributed by atoms with Crippen LogP contribution in [0.1, 0.15) is 22.5 Å². The number of nitrogens with one attached hydrogen (secondary N) is 2. The van der Waals surface area contributed by atoms with Crippen molar-refractivity contribution >= 4 is 33.3 Å². The smallest absolute Gasteiger partial charge is 0.270 e. The number of hydrogen-bond acceptors (Lipinski definition) is 5. The zero-order valence-electron chi connectivity index (χ0n) is 14.1. The van der Waals surface area contributed by atoms with Crippen LogP contribution in [0.5, 0.6) is 0 Å². The molecule has 0 aliphatic carbocycles. The van der Waals surface area contributed by atoms with Crippen molar-refractivity contribution in [2.75, 3.05) is 32.5 Å². The molecule has 0 atom stereocenters. The van der Waals surface area contributed by atoms with Gasteiger partial charge in [-0.3, -0.25) is 4.79 Å². The number of anilines is 2. The van der Waals surface area contributed by atoms with Gasteiger partial charge in [0.2, 0.25) is 0 Å². The standard InChI is InChI=1S/C17H22BrN5O/c1-12-9-13(18)5-6-14(12)22-16-10-15(20-11-21-16)17(24)19-7-4-8-23(2)3/h5-6,9-11H,4,7-8H2,1-3H3,(H,19,24)(H,20,21,22). The zero-order chi connectivity index (χ0) is 17.5. The minimum absolute atomic E-state index is 0.188. The molecule has 0 aliphatic heterocycles. The summed E-state index contributed by atoms with van der Waals surface area (Å²) in [6, 6.07) is 7.59. The van der Waals surface area contributed by atoms with Gasteiger partial charge in [-0.1, -0.05) is 15.9 Å². The number of rotatable bonds is 7. The largest absolute Gasteiger partial charge is 0.351 e. The average Bonchev–Trinajstić information content (AvgIpc) is 2.54. The molecule has 0 aliphatic rings. The van der Waals surface area contributed by atoms with Gasteiger partial charge in [-0.25, -0.2) is 9.97 Å². The third-order valence-electron chi connectivity index (χ3n) is 3.42. The van der Waals surface area contributed by atoms with Gasteiger partial charge in [-0.15, -0.1) is 0 Å². The summed E-state index contributed by atoms with van der Waals surface area (Å²) in [5.41, 5.74) is 2.37. The second kappa shape index (κ2) is 8.75. The maximum atomic E-state index is 12.2. The van der Waals surface area contributed by atoms with E-state index in [9.17, 15) is 4.79 Å². The van der Waals surface area contributed by atoms with E-state index in [-0.39, 0.29) is 5.91 Å². The Labute approximate surface area is 150 Å². The predicted octanol–water partition coefficient (Wildman–Crippen LogP) is 2.97. The number of amides is 1. The van der Waals surface area contributed by atoms with Crippen molar-refractivity contribution in [1.82, 2.24) is 20.2 Å². The minimum atomic E-state index is -0.188. The first-order valence-electron chi connectivity index (χ1n) is 7.74. The van der Waals surface area contributed by atoms with E-state index in [1.54, 1.807) is 6.07 Å². The molecule has 7 heteroatoms. The van der Waals surface area contributed by atoms with E-state index in [1.165, 1.54) is 6.33 Å². The molecule has 6 nitrogen and oxygen atoms in total. The second-order valence-corrected chi connectivity index (χ2v) is 6.70. The summed E-state index contributed by atoms with van der Waals surface area (Å²) in [4.78, 5) is 22.5. The highest BCUT2D eigenvalue weighted by Gasteiger charge is 2.09. The lowest BCUT2D eigenvalue weighted by atomic mass is 10.2. The Kier molecular flexibility index (Phi) is 6.69. The van der Waals surface area contributed by atoms with E-state index in [2.05, 4.69) is 41.4 Å². The van der Waals surface area contributed by atoms with Crippen LogP contribution in [-0.4, -0.2) is 48.0 Å². The van der Waals surface area contributed by atoms with E-state index in [1.807, 2.05) is 39.2 Å². The van der Waals surface area contributed by atoms with Crippen molar-refractivity contribution in [1.29, 1.82) is 0 Å². The Hall–Kier alpha value is -1.99. The van der Waals surface area contributed by atoms with E-state index in [4.69, 9.17) is 0 Å². The molecule has 1 aromatic heterocycles. The fourth-order valence-electron chi connectivity index (χ4n) is 2.14. The fourth-order valence-corrected chi connectivity index (χ4v) is 2.62. The highest BCUT2D eigenvalue weighted by molar-refractivity contribution is 9.10. The average molecular weight is 392 g/mol. The van der Waals surface area contributed by atoms with Crippen LogP contribution in [0.4, 0.5) is 11.5 Å². The van der Waals surface area contributed by atoms with Crippen molar-refractivity contribution in [3.8, 4) is 0 Å². The molecule has 0 saturated heterocycles. The highest BCUT2D eigenvalue weighted by Crippen LogP contribution is 2.22. The molecule has 0 spiro atoms. The molecule has 2 rings (SSSR count). The first-order valence-corrected chi connectivity index (χ1v) is 8.53. The van der Waals surface area contributed by atoms with Crippen LogP contribution in [0, 0.1) is 6.92 Å². The SMILES string of the molecule is Cc1cc(Br)ccc1Nc1cc(C(=O)NCCCN(C)C)ncn1. The monoisotopic (exact) mass is 391 g/mol. The summed E-state index contributed by atoms with van der Waals surface area (Å²) in [5.74, 6) is 0.403. The number of aryl methyl sites for hydroxylation is 1. The molecule has 0 saturated carbocycles. The molecule has 2 N–H and O–H groups in total. The predicted molar refractivity (Wildman–Crippen MR) is 99.7 cm³/mol. The summed E-state index contributed by atoms with van der Waals surface area (Å²) in [6.45, 7) is 3.56. The molecular formula is C17H22BrN5O. The van der Waals surface area contributed by atoms with Crippen molar-refractivity contribution in [2.45, 2.75) is 13.3 Å². The first-order chi connectivity index (χ1) is 11.5. The Morgan fingerprint density at radius 3 is 2.75 bits per heavy atom. The number of halogens is 1. The van der Waals surface area contributed by atoms with Crippen LogP contribution < -0.4 is 10.6 Å². The molecule has 0 radical (unpaired) electrons. The van der Waals surface area contributed by atoms with Crippen LogP contribution in [0.25, 0.3) is 0 Å². The maximum absolute atomic E-state index is 12.2. The summed E-state index contributed by atoms with van der Waals surface area (Å²) in [5, 5.41) is 6.09. The quantitative estimate of drug-likeness (QED) is 0.709. The Balaban J connectivity index is 1.99. The summed E-state index contributed by atoms with van der Waals surface area (Å²) >= 11 is 3.44. The van der Waals surface area contributed by atoms with Gasteiger partial charge in [0.15, 0.2) is 0 Å². The molecule has 2 aromatic rings. The van der Waals surface area contributed by atoms with Crippen LogP contribution in [-0.2, 0) is 0 Å².